The first kappa shape index (κ1) is 4.98. The van der Waals surface area contributed by atoms with Gasteiger partial charge in [0, 0.05) is 0 Å². The maximum atomic E-state index is 8.60. The van der Waals surface area contributed by atoms with Crippen molar-refractivity contribution in [3.05, 3.63) is 0 Å². The van der Waals surface area contributed by atoms with Crippen molar-refractivity contribution in [2.75, 3.05) is 0 Å². The van der Waals surface area contributed by atoms with E-state index in [9.17, 15) is 0 Å². The molecule has 0 bridgehead atoms. The van der Waals surface area contributed by atoms with Gasteiger partial charge in [-0.1, -0.05) is 0 Å². The van der Waals surface area contributed by atoms with E-state index >= 15 is 0 Å². The van der Waals surface area contributed by atoms with Gasteiger partial charge in [0.25, 0.3) is 0 Å². The summed E-state index contributed by atoms with van der Waals surface area (Å²) >= 11 is -4.21. The molecular weight excluding hydrogens is 200 g/mol. The fourth-order valence-electron chi connectivity index (χ4n) is 0. The molecule has 3 nitrogen and oxygen atoms in total. The summed E-state index contributed by atoms with van der Waals surface area (Å²) in [5.74, 6) is 0. The van der Waals surface area contributed by atoms with Crippen LogP contribution in [0.3, 0.4) is 0 Å². The molecule has 4 heteroatoms. The van der Waals surface area contributed by atoms with Crippen LogP contribution in [0.15, 0.2) is 0 Å². The third-order valence-electron chi connectivity index (χ3n) is 0. The Morgan fingerprint density at radius 3 is 1.00 bits per heavy atom. The zero-order valence-electron chi connectivity index (χ0n) is 1.60. The minimum atomic E-state index is -4.21. The van der Waals surface area contributed by atoms with Crippen molar-refractivity contribution in [1.82, 2.24) is 0 Å². The van der Waals surface area contributed by atoms with Crippen molar-refractivity contribution in [3.63, 3.8) is 0 Å². The molecule has 0 N–H and O–H groups in total. The normalized spacial score (nSPS) is 6.00. The molecule has 0 aromatic carbocycles. The second-order valence-electron chi connectivity index (χ2n) is 0.189. The summed E-state index contributed by atoms with van der Waals surface area (Å²) in [7, 11) is 0. The van der Waals surface area contributed by atoms with E-state index in [4.69, 9.17) is -0.0697 Å². The zero-order valence-corrected chi connectivity index (χ0v) is 4.03. The van der Waals surface area contributed by atoms with E-state index in [1.807, 2.05) is 0 Å². The quantitative estimate of drug-likeness (QED) is 0.536. The van der Waals surface area contributed by atoms with E-state index in [1.165, 1.54) is 0 Å². The van der Waals surface area contributed by atoms with Gasteiger partial charge in [-0.15, -0.1) is 0 Å². The Hall–Kier alpha value is 0.984. The van der Waals surface area contributed by atoms with E-state index in [-0.39, 0.29) is 0 Å². The molecule has 0 amide bonds. The Balaban J connectivity index is 4.65. The Morgan fingerprint density at radius 2 is 1.00 bits per heavy atom. The van der Waals surface area contributed by atoms with Gasteiger partial charge in [0.1, 0.15) is 0 Å². The molecule has 0 unspecified atom stereocenters. The summed E-state index contributed by atoms with van der Waals surface area (Å²) in [4.78, 5) is 0. The molecule has 0 aliphatic rings. The second-order valence-corrected chi connectivity index (χ2v) is 1.40. The van der Waals surface area contributed by atoms with Crippen LogP contribution in [0.4, 0.5) is 0 Å². The molecule has 0 spiro atoms. The summed E-state index contributed by atoms with van der Waals surface area (Å²) in [5.41, 5.74) is 0. The van der Waals surface area contributed by atoms with Crippen molar-refractivity contribution in [2.24, 2.45) is 0 Å². The fourth-order valence-corrected chi connectivity index (χ4v) is 0. The van der Waals surface area contributed by atoms with Crippen LogP contribution in [-0.2, 0) is -0.0697 Å². The predicted octanol–water partition coefficient (Wildman–Crippen LogP) is -0.356. The van der Waals surface area contributed by atoms with Gasteiger partial charge >= 0.3 is 42.8 Å². The third-order valence-corrected chi connectivity index (χ3v) is 0. The number of hydrogen-bond acceptors (Lipinski definition) is 3. The summed E-state index contributed by atoms with van der Waals surface area (Å²) in [6, 6.07) is 0. The van der Waals surface area contributed by atoms with Gasteiger partial charge in [-0.05, 0) is 0 Å². The predicted molar refractivity (Wildman–Crippen MR) is 2.06 cm³/mol. The monoisotopic (exact) mass is 201 g/mol. The first-order valence-corrected chi connectivity index (χ1v) is 3.43. The first-order chi connectivity index (χ1) is 1.73. The molecular formula is EuO3. The van der Waals surface area contributed by atoms with Crippen LogP contribution in [0, 0.1) is 42.8 Å². The summed E-state index contributed by atoms with van der Waals surface area (Å²) in [6.45, 7) is 0. The van der Waals surface area contributed by atoms with Crippen molar-refractivity contribution < 1.29 is 42.8 Å². The van der Waals surface area contributed by atoms with Gasteiger partial charge in [0.15, 0.2) is 0 Å². The van der Waals surface area contributed by atoms with Gasteiger partial charge in [-0.25, -0.2) is 0 Å². The van der Waals surface area contributed by atoms with E-state index in [2.05, 4.69) is 0 Å². The average Bonchev–Trinajstić information content (AvgIpc) is 0.811. The first-order valence-electron chi connectivity index (χ1n) is 0.463. The van der Waals surface area contributed by atoms with Crippen molar-refractivity contribution >= 4 is 0 Å². The van der Waals surface area contributed by atoms with Crippen LogP contribution in [0.2, 0.25) is 0 Å². The van der Waals surface area contributed by atoms with Crippen LogP contribution >= 0.6 is 0 Å². The molecule has 0 radical (unpaired) electrons. The number of hydrogen-bond donors (Lipinski definition) is 0. The van der Waals surface area contributed by atoms with Crippen LogP contribution in [0.1, 0.15) is 0 Å². The van der Waals surface area contributed by atoms with Crippen LogP contribution in [-0.4, -0.2) is 0 Å². The molecule has 0 aromatic heterocycles. The van der Waals surface area contributed by atoms with Crippen LogP contribution in [0.25, 0.3) is 0 Å². The molecule has 0 heterocycles. The molecule has 0 aliphatic heterocycles. The van der Waals surface area contributed by atoms with Gasteiger partial charge in [0.2, 0.25) is 0 Å². The Labute approximate surface area is 41.8 Å². The molecule has 0 saturated heterocycles. The van der Waals surface area contributed by atoms with E-state index in [1.54, 1.807) is 0 Å². The van der Waals surface area contributed by atoms with Gasteiger partial charge in [-0.2, -0.15) is 0 Å². The van der Waals surface area contributed by atoms with E-state index in [0.29, 0.717) is 0 Å². The van der Waals surface area contributed by atoms with E-state index in [0.717, 1.165) is 0 Å². The SMILES string of the molecule is [O]=[Eu](=[O])=[O]. The standard InChI is InChI=1S/Eu.3O. The Morgan fingerprint density at radius 1 is 1.00 bits per heavy atom. The van der Waals surface area contributed by atoms with Crippen LogP contribution < -0.4 is 0 Å². The summed E-state index contributed by atoms with van der Waals surface area (Å²) in [5, 5.41) is 0. The average molecular weight is 200 g/mol. The Bertz CT molecular complexity index is 72.7. The minimum absolute atomic E-state index is 4.21. The van der Waals surface area contributed by atoms with Crippen LogP contribution in [0.5, 0.6) is 0 Å². The van der Waals surface area contributed by atoms with Crippen molar-refractivity contribution in [2.45, 2.75) is 0 Å². The molecule has 25 valence electrons. The topological polar surface area (TPSA) is 51.2 Å². The van der Waals surface area contributed by atoms with Gasteiger partial charge < -0.3 is 0 Å². The molecule has 0 fully saturated rings. The summed E-state index contributed by atoms with van der Waals surface area (Å²) in [6.07, 6.45) is 0. The number of rotatable bonds is 0. The van der Waals surface area contributed by atoms with Gasteiger partial charge in [-0.3, -0.25) is 0 Å². The second kappa shape index (κ2) is 2.24. The maximum absolute atomic E-state index is 8.60. The van der Waals surface area contributed by atoms with Crippen molar-refractivity contribution in [3.8, 4) is 0 Å². The van der Waals surface area contributed by atoms with Gasteiger partial charge in [0.05, 0.1) is 0 Å². The Kier molecular flexibility index (Phi) is 2.79. The molecule has 0 saturated carbocycles. The third kappa shape index (κ3) is 12.1. The van der Waals surface area contributed by atoms with E-state index < -0.39 is 42.8 Å². The fraction of sp³-hybridized carbons (Fsp3) is 0. The van der Waals surface area contributed by atoms with Crippen molar-refractivity contribution in [1.29, 1.82) is 0 Å². The molecule has 0 aliphatic carbocycles. The zero-order chi connectivity index (χ0) is 3.58. The molecule has 0 rings (SSSR count). The molecule has 0 atom stereocenters. The molecule has 0 aromatic rings. The molecule has 4 heavy (non-hydrogen) atoms. The summed E-state index contributed by atoms with van der Waals surface area (Å²) < 4.78 is 25.8.